The largest absolute Gasteiger partial charge is 0.456 e. The number of rotatable bonds is 8. The number of para-hydroxylation sites is 1. The summed E-state index contributed by atoms with van der Waals surface area (Å²) in [5.74, 6) is 0.865. The van der Waals surface area contributed by atoms with Gasteiger partial charge in [0.1, 0.15) is 11.3 Å². The van der Waals surface area contributed by atoms with Gasteiger partial charge in [-0.2, -0.15) is 0 Å². The zero-order valence-electron chi connectivity index (χ0n) is 15.7. The SMILES string of the molecule is CCN(CC)CCNCc1ccc(Cl)cc1-c1cc2ccccc2o1.Cl.Cl. The van der Waals surface area contributed by atoms with Gasteiger partial charge in [0, 0.05) is 35.6 Å². The molecule has 3 rings (SSSR count). The van der Waals surface area contributed by atoms with E-state index in [2.05, 4.69) is 42.3 Å². The maximum absolute atomic E-state index is 6.24. The topological polar surface area (TPSA) is 28.4 Å². The number of hydrogen-bond donors (Lipinski definition) is 1. The first kappa shape index (κ1) is 23.8. The fourth-order valence-electron chi connectivity index (χ4n) is 3.05. The lowest BCUT2D eigenvalue weighted by atomic mass is 10.0. The van der Waals surface area contributed by atoms with Gasteiger partial charge in [0.25, 0.3) is 0 Å². The van der Waals surface area contributed by atoms with Crippen LogP contribution in [0.3, 0.4) is 0 Å². The third-order valence-corrected chi connectivity index (χ3v) is 4.81. The van der Waals surface area contributed by atoms with E-state index in [0.29, 0.717) is 0 Å². The molecule has 0 aliphatic heterocycles. The Hall–Kier alpha value is -1.23. The maximum Gasteiger partial charge on any atom is 0.135 e. The smallest absolute Gasteiger partial charge is 0.135 e. The van der Waals surface area contributed by atoms with Crippen LogP contribution in [0.5, 0.6) is 0 Å². The monoisotopic (exact) mass is 428 g/mol. The van der Waals surface area contributed by atoms with Crippen LogP contribution >= 0.6 is 36.4 Å². The molecule has 0 saturated heterocycles. The molecule has 2 aromatic carbocycles. The Morgan fingerprint density at radius 2 is 1.74 bits per heavy atom. The normalized spacial score (nSPS) is 10.7. The molecule has 1 heterocycles. The van der Waals surface area contributed by atoms with Gasteiger partial charge in [-0.15, -0.1) is 24.8 Å². The fraction of sp³-hybridized carbons (Fsp3) is 0.333. The lowest BCUT2D eigenvalue weighted by Crippen LogP contribution is -2.31. The minimum absolute atomic E-state index is 0. The van der Waals surface area contributed by atoms with Crippen LogP contribution in [0.4, 0.5) is 0 Å². The lowest BCUT2D eigenvalue weighted by molar-refractivity contribution is 0.302. The van der Waals surface area contributed by atoms with E-state index in [-0.39, 0.29) is 24.8 Å². The Kier molecular flexibility index (Phi) is 10.2. The van der Waals surface area contributed by atoms with Gasteiger partial charge in [0.2, 0.25) is 0 Å². The number of furan rings is 1. The highest BCUT2D eigenvalue weighted by molar-refractivity contribution is 6.30. The molecule has 3 aromatic rings. The summed E-state index contributed by atoms with van der Waals surface area (Å²) in [6, 6.07) is 16.2. The molecule has 0 saturated carbocycles. The lowest BCUT2D eigenvalue weighted by Gasteiger charge is -2.18. The van der Waals surface area contributed by atoms with Gasteiger partial charge in [0.15, 0.2) is 0 Å². The Labute approximate surface area is 178 Å². The zero-order chi connectivity index (χ0) is 17.6. The molecule has 0 aliphatic carbocycles. The maximum atomic E-state index is 6.24. The first-order valence-corrected chi connectivity index (χ1v) is 9.29. The standard InChI is InChI=1S/C21H25ClN2O.2ClH/c1-3-24(4-2)12-11-23-15-17-9-10-18(22)14-19(17)21-13-16-7-5-6-8-20(16)25-21;;/h5-10,13-14,23H,3-4,11-12,15H2,1-2H3;2*1H. The second-order valence-corrected chi connectivity index (χ2v) is 6.59. The molecule has 1 aromatic heterocycles. The molecule has 0 atom stereocenters. The van der Waals surface area contributed by atoms with Gasteiger partial charge >= 0.3 is 0 Å². The first-order valence-electron chi connectivity index (χ1n) is 8.91. The number of nitrogens with zero attached hydrogens (tertiary/aromatic N) is 1. The van der Waals surface area contributed by atoms with Crippen LogP contribution in [0, 0.1) is 0 Å². The quantitative estimate of drug-likeness (QED) is 0.443. The highest BCUT2D eigenvalue weighted by Crippen LogP contribution is 2.32. The van der Waals surface area contributed by atoms with Crippen molar-refractivity contribution in [1.29, 1.82) is 0 Å². The van der Waals surface area contributed by atoms with Crippen LogP contribution < -0.4 is 5.32 Å². The van der Waals surface area contributed by atoms with Crippen LogP contribution in [0.15, 0.2) is 52.9 Å². The van der Waals surface area contributed by atoms with Crippen molar-refractivity contribution in [1.82, 2.24) is 10.2 Å². The van der Waals surface area contributed by atoms with Crippen molar-refractivity contribution < 1.29 is 4.42 Å². The zero-order valence-corrected chi connectivity index (χ0v) is 18.1. The molecule has 0 unspecified atom stereocenters. The fourth-order valence-corrected chi connectivity index (χ4v) is 3.22. The molecule has 0 fully saturated rings. The molecule has 0 radical (unpaired) electrons. The molecule has 0 aliphatic rings. The third-order valence-electron chi connectivity index (χ3n) is 4.58. The molecule has 1 N–H and O–H groups in total. The van der Waals surface area contributed by atoms with Crippen LogP contribution in [0.2, 0.25) is 5.02 Å². The summed E-state index contributed by atoms with van der Waals surface area (Å²) in [5.41, 5.74) is 3.15. The van der Waals surface area contributed by atoms with Crippen molar-refractivity contribution in [2.24, 2.45) is 0 Å². The second-order valence-electron chi connectivity index (χ2n) is 6.15. The van der Waals surface area contributed by atoms with E-state index in [4.69, 9.17) is 16.0 Å². The van der Waals surface area contributed by atoms with Crippen molar-refractivity contribution in [3.05, 3.63) is 59.1 Å². The van der Waals surface area contributed by atoms with Crippen LogP contribution in [0.1, 0.15) is 19.4 Å². The Morgan fingerprint density at radius 1 is 1.00 bits per heavy atom. The predicted octanol–water partition coefficient (Wildman–Crippen LogP) is 6.03. The Balaban J connectivity index is 0.00000182. The van der Waals surface area contributed by atoms with Crippen LogP contribution in [-0.4, -0.2) is 31.1 Å². The van der Waals surface area contributed by atoms with E-state index < -0.39 is 0 Å². The van der Waals surface area contributed by atoms with E-state index in [1.807, 2.05) is 30.3 Å². The minimum atomic E-state index is 0. The third kappa shape index (κ3) is 6.13. The van der Waals surface area contributed by atoms with Crippen molar-refractivity contribution in [3.63, 3.8) is 0 Å². The molecule has 3 nitrogen and oxygen atoms in total. The van der Waals surface area contributed by atoms with E-state index in [9.17, 15) is 0 Å². The summed E-state index contributed by atoms with van der Waals surface area (Å²) in [4.78, 5) is 2.41. The minimum Gasteiger partial charge on any atom is -0.456 e. The number of fused-ring (bicyclic) bond motifs is 1. The molecular formula is C21H27Cl3N2O. The highest BCUT2D eigenvalue weighted by atomic mass is 35.5. The van der Waals surface area contributed by atoms with Crippen molar-refractivity contribution in [3.8, 4) is 11.3 Å². The number of hydrogen-bond acceptors (Lipinski definition) is 3. The number of likely N-dealkylation sites (N-methyl/N-ethyl adjacent to an activating group) is 1. The van der Waals surface area contributed by atoms with Gasteiger partial charge in [-0.1, -0.05) is 49.7 Å². The first-order chi connectivity index (χ1) is 12.2. The molecule has 27 heavy (non-hydrogen) atoms. The van der Waals surface area contributed by atoms with E-state index in [0.717, 1.165) is 60.0 Å². The van der Waals surface area contributed by atoms with Crippen LogP contribution in [-0.2, 0) is 6.54 Å². The van der Waals surface area contributed by atoms with E-state index >= 15 is 0 Å². The Morgan fingerprint density at radius 3 is 2.44 bits per heavy atom. The van der Waals surface area contributed by atoms with E-state index in [1.54, 1.807) is 0 Å². The molecule has 0 amide bonds. The average Bonchev–Trinajstić information content (AvgIpc) is 3.07. The molecule has 0 bridgehead atoms. The average molecular weight is 430 g/mol. The summed E-state index contributed by atoms with van der Waals surface area (Å²) in [6.07, 6.45) is 0. The molecule has 6 heteroatoms. The van der Waals surface area contributed by atoms with Gasteiger partial charge < -0.3 is 14.6 Å². The van der Waals surface area contributed by atoms with Gasteiger partial charge in [-0.3, -0.25) is 0 Å². The van der Waals surface area contributed by atoms with Crippen LogP contribution in [0.25, 0.3) is 22.3 Å². The number of halogens is 3. The van der Waals surface area contributed by atoms with Gasteiger partial charge in [-0.25, -0.2) is 0 Å². The number of nitrogens with one attached hydrogen (secondary N) is 1. The summed E-state index contributed by atoms with van der Waals surface area (Å²) in [7, 11) is 0. The van der Waals surface area contributed by atoms with Gasteiger partial charge in [0.05, 0.1) is 0 Å². The summed E-state index contributed by atoms with van der Waals surface area (Å²) in [5, 5.41) is 5.37. The Bertz CT molecular complexity index is 798. The summed E-state index contributed by atoms with van der Waals surface area (Å²) >= 11 is 6.24. The molecule has 148 valence electrons. The second kappa shape index (κ2) is 11.6. The summed E-state index contributed by atoms with van der Waals surface area (Å²) in [6.45, 7) is 9.38. The molecular weight excluding hydrogens is 403 g/mol. The number of benzene rings is 2. The van der Waals surface area contributed by atoms with E-state index in [1.165, 1.54) is 5.56 Å². The predicted molar refractivity (Wildman–Crippen MR) is 121 cm³/mol. The van der Waals surface area contributed by atoms with Crippen molar-refractivity contribution >= 4 is 47.4 Å². The van der Waals surface area contributed by atoms with Crippen molar-refractivity contribution in [2.75, 3.05) is 26.2 Å². The highest BCUT2D eigenvalue weighted by Gasteiger charge is 2.11. The molecule has 0 spiro atoms. The summed E-state index contributed by atoms with van der Waals surface area (Å²) < 4.78 is 6.03. The van der Waals surface area contributed by atoms with Crippen molar-refractivity contribution in [2.45, 2.75) is 20.4 Å². The van der Waals surface area contributed by atoms with Gasteiger partial charge in [-0.05, 0) is 42.9 Å².